The predicted octanol–water partition coefficient (Wildman–Crippen LogP) is 2.47. The van der Waals surface area contributed by atoms with Crippen molar-refractivity contribution in [3.8, 4) is 5.75 Å². The minimum absolute atomic E-state index is 0.127. The maximum atomic E-state index is 12.7. The van der Waals surface area contributed by atoms with E-state index >= 15 is 0 Å². The van der Waals surface area contributed by atoms with Gasteiger partial charge in [-0.3, -0.25) is 0 Å². The minimum atomic E-state index is -3.69. The van der Waals surface area contributed by atoms with Crippen molar-refractivity contribution in [1.82, 2.24) is 3.97 Å². The lowest BCUT2D eigenvalue weighted by Crippen LogP contribution is -2.12. The molecule has 0 radical (unpaired) electrons. The molecule has 0 saturated heterocycles. The molecule has 1 heterocycles. The number of ether oxygens (including phenoxy) is 1. The number of para-hydroxylation sites is 1. The van der Waals surface area contributed by atoms with Crippen LogP contribution in [0.5, 0.6) is 5.75 Å². The van der Waals surface area contributed by atoms with Crippen LogP contribution in [-0.2, 0) is 10.0 Å². The van der Waals surface area contributed by atoms with Crippen LogP contribution in [0.3, 0.4) is 0 Å². The molecule has 21 heavy (non-hydrogen) atoms. The van der Waals surface area contributed by atoms with E-state index in [4.69, 9.17) is 10.5 Å². The summed E-state index contributed by atoms with van der Waals surface area (Å²) < 4.78 is 31.8. The molecule has 0 fully saturated rings. The summed E-state index contributed by atoms with van der Waals surface area (Å²) >= 11 is 0. The number of methoxy groups -OCH3 is 1. The van der Waals surface area contributed by atoms with Gasteiger partial charge in [-0.15, -0.1) is 0 Å². The van der Waals surface area contributed by atoms with Gasteiger partial charge in [0.15, 0.2) is 0 Å². The zero-order valence-corrected chi connectivity index (χ0v) is 12.2. The summed E-state index contributed by atoms with van der Waals surface area (Å²) in [5.74, 6) is 0.450. The molecule has 0 aliphatic rings. The molecule has 0 saturated carbocycles. The van der Waals surface area contributed by atoms with Crippen molar-refractivity contribution in [3.05, 3.63) is 54.7 Å². The zero-order chi connectivity index (χ0) is 15.0. The van der Waals surface area contributed by atoms with Gasteiger partial charge in [0.25, 0.3) is 10.0 Å². The Kier molecular flexibility index (Phi) is 3.10. The quantitative estimate of drug-likeness (QED) is 0.754. The molecule has 0 bridgehead atoms. The molecule has 0 amide bonds. The van der Waals surface area contributed by atoms with Crippen LogP contribution in [0.4, 0.5) is 5.69 Å². The van der Waals surface area contributed by atoms with Gasteiger partial charge in [-0.2, -0.15) is 0 Å². The van der Waals surface area contributed by atoms with E-state index in [0.717, 1.165) is 5.39 Å². The highest BCUT2D eigenvalue weighted by molar-refractivity contribution is 7.90. The summed E-state index contributed by atoms with van der Waals surface area (Å²) in [5.41, 5.74) is 6.71. The maximum absolute atomic E-state index is 12.7. The highest BCUT2D eigenvalue weighted by atomic mass is 32.2. The Morgan fingerprint density at radius 3 is 2.57 bits per heavy atom. The van der Waals surface area contributed by atoms with Gasteiger partial charge in [-0.1, -0.05) is 18.2 Å². The van der Waals surface area contributed by atoms with E-state index in [-0.39, 0.29) is 10.6 Å². The highest BCUT2D eigenvalue weighted by Gasteiger charge is 2.19. The average Bonchev–Trinajstić information content (AvgIpc) is 2.91. The Balaban J connectivity index is 2.19. The number of aromatic nitrogens is 1. The predicted molar refractivity (Wildman–Crippen MR) is 81.9 cm³/mol. The van der Waals surface area contributed by atoms with Crippen LogP contribution in [0.15, 0.2) is 59.6 Å². The van der Waals surface area contributed by atoms with E-state index in [0.29, 0.717) is 11.3 Å². The molecule has 1 aromatic heterocycles. The zero-order valence-electron chi connectivity index (χ0n) is 11.4. The molecule has 0 aliphatic heterocycles. The molecule has 3 rings (SSSR count). The smallest absolute Gasteiger partial charge is 0.268 e. The molecule has 0 aliphatic carbocycles. The first-order valence-corrected chi connectivity index (χ1v) is 7.73. The van der Waals surface area contributed by atoms with Gasteiger partial charge in [0.1, 0.15) is 5.75 Å². The fraction of sp³-hybridized carbons (Fsp3) is 0.0667. The van der Waals surface area contributed by atoms with E-state index in [1.807, 2.05) is 12.1 Å². The van der Waals surface area contributed by atoms with Gasteiger partial charge in [-0.25, -0.2) is 12.4 Å². The van der Waals surface area contributed by atoms with Gasteiger partial charge >= 0.3 is 0 Å². The second-order valence-corrected chi connectivity index (χ2v) is 6.39. The summed E-state index contributed by atoms with van der Waals surface area (Å²) in [5, 5.41) is 0.863. The first-order chi connectivity index (χ1) is 10.0. The number of nitrogens with zero attached hydrogens (tertiary/aromatic N) is 1. The third-order valence-corrected chi connectivity index (χ3v) is 5.01. The number of benzene rings is 2. The van der Waals surface area contributed by atoms with Gasteiger partial charge in [0.05, 0.1) is 23.2 Å². The lowest BCUT2D eigenvalue weighted by atomic mass is 10.3. The number of hydrogen-bond acceptors (Lipinski definition) is 4. The Labute approximate surface area is 122 Å². The lowest BCUT2D eigenvalue weighted by Gasteiger charge is -2.10. The van der Waals surface area contributed by atoms with Crippen LogP contribution in [-0.4, -0.2) is 19.5 Å². The molecule has 2 aromatic carbocycles. The van der Waals surface area contributed by atoms with E-state index < -0.39 is 10.0 Å². The number of hydrogen-bond donors (Lipinski definition) is 1. The maximum Gasteiger partial charge on any atom is 0.268 e. The largest absolute Gasteiger partial charge is 0.495 e. The molecule has 5 nitrogen and oxygen atoms in total. The van der Waals surface area contributed by atoms with Crippen molar-refractivity contribution < 1.29 is 13.2 Å². The second-order valence-electron chi connectivity index (χ2n) is 4.58. The second kappa shape index (κ2) is 4.82. The van der Waals surface area contributed by atoms with Crippen molar-refractivity contribution in [1.29, 1.82) is 0 Å². The first-order valence-electron chi connectivity index (χ1n) is 6.29. The topological polar surface area (TPSA) is 74.3 Å². The minimum Gasteiger partial charge on any atom is -0.495 e. The van der Waals surface area contributed by atoms with Gasteiger partial charge in [0.2, 0.25) is 0 Å². The van der Waals surface area contributed by atoms with E-state index in [2.05, 4.69) is 0 Å². The van der Waals surface area contributed by atoms with Gasteiger partial charge in [-0.05, 0) is 30.3 Å². The number of nitrogen functional groups attached to an aromatic ring is 1. The van der Waals surface area contributed by atoms with E-state index in [9.17, 15) is 8.42 Å². The molecule has 2 N–H and O–H groups in total. The lowest BCUT2D eigenvalue weighted by molar-refractivity contribution is 0.416. The third-order valence-electron chi connectivity index (χ3n) is 3.32. The highest BCUT2D eigenvalue weighted by Crippen LogP contribution is 2.27. The molecule has 0 spiro atoms. The Hall–Kier alpha value is -2.47. The normalized spacial score (nSPS) is 11.7. The SMILES string of the molecule is COc1ccc(S(=O)(=O)n2ccc3ccccc32)cc1N. The van der Waals surface area contributed by atoms with E-state index in [1.165, 1.54) is 23.2 Å². The van der Waals surface area contributed by atoms with Crippen molar-refractivity contribution in [3.63, 3.8) is 0 Å². The van der Waals surface area contributed by atoms with Crippen molar-refractivity contribution >= 4 is 26.6 Å². The fourth-order valence-corrected chi connectivity index (χ4v) is 3.64. The standard InChI is InChI=1S/C15H14N2O3S/c1-20-15-7-6-12(10-13(15)16)21(18,19)17-9-8-11-4-2-3-5-14(11)17/h2-10H,16H2,1H3. The summed E-state index contributed by atoms with van der Waals surface area (Å²) in [6.45, 7) is 0. The summed E-state index contributed by atoms with van der Waals surface area (Å²) in [4.78, 5) is 0.127. The first kappa shape index (κ1) is 13.5. The summed E-state index contributed by atoms with van der Waals surface area (Å²) in [7, 11) is -2.20. The van der Waals surface area contributed by atoms with E-state index in [1.54, 1.807) is 30.5 Å². The van der Waals surface area contributed by atoms with Crippen molar-refractivity contribution in [2.24, 2.45) is 0 Å². The molecule has 0 atom stereocenters. The molecular formula is C15H14N2O3S. The molecular weight excluding hydrogens is 288 g/mol. The van der Waals surface area contributed by atoms with Crippen LogP contribution in [0, 0.1) is 0 Å². The molecule has 3 aromatic rings. The Bertz CT molecular complexity index is 914. The summed E-state index contributed by atoms with van der Waals surface area (Å²) in [6.07, 6.45) is 1.54. The van der Waals surface area contributed by atoms with Crippen LogP contribution >= 0.6 is 0 Å². The number of nitrogens with two attached hydrogens (primary N) is 1. The number of fused-ring (bicyclic) bond motifs is 1. The van der Waals surface area contributed by atoms with Crippen molar-refractivity contribution in [2.45, 2.75) is 4.90 Å². The molecule has 6 heteroatoms. The van der Waals surface area contributed by atoms with Crippen molar-refractivity contribution in [2.75, 3.05) is 12.8 Å². The Morgan fingerprint density at radius 2 is 1.86 bits per heavy atom. The molecule has 108 valence electrons. The average molecular weight is 302 g/mol. The Morgan fingerprint density at radius 1 is 1.10 bits per heavy atom. The monoisotopic (exact) mass is 302 g/mol. The van der Waals surface area contributed by atoms with Gasteiger partial charge in [0, 0.05) is 11.6 Å². The van der Waals surface area contributed by atoms with Crippen LogP contribution < -0.4 is 10.5 Å². The fourth-order valence-electron chi connectivity index (χ4n) is 2.25. The number of rotatable bonds is 3. The van der Waals surface area contributed by atoms with Gasteiger partial charge < -0.3 is 10.5 Å². The third kappa shape index (κ3) is 2.13. The molecule has 0 unspecified atom stereocenters. The van der Waals surface area contributed by atoms with Crippen LogP contribution in [0.1, 0.15) is 0 Å². The number of anilines is 1. The van der Waals surface area contributed by atoms with Crippen LogP contribution in [0.25, 0.3) is 10.9 Å². The van der Waals surface area contributed by atoms with Crippen LogP contribution in [0.2, 0.25) is 0 Å². The summed E-state index contributed by atoms with van der Waals surface area (Å²) in [6, 6.07) is 13.5.